The van der Waals surface area contributed by atoms with Crippen LogP contribution >= 0.6 is 0 Å². The van der Waals surface area contributed by atoms with Crippen LogP contribution in [0.15, 0.2) is 24.3 Å². The van der Waals surface area contributed by atoms with Crippen molar-refractivity contribution < 1.29 is 19.5 Å². The van der Waals surface area contributed by atoms with E-state index in [0.29, 0.717) is 37.1 Å². The highest BCUT2D eigenvalue weighted by Crippen LogP contribution is 2.22. The van der Waals surface area contributed by atoms with E-state index in [9.17, 15) is 14.4 Å². The van der Waals surface area contributed by atoms with Gasteiger partial charge in [0.1, 0.15) is 5.84 Å². The summed E-state index contributed by atoms with van der Waals surface area (Å²) in [6.45, 7) is 5.02. The topological polar surface area (TPSA) is 137 Å². The molecule has 0 unspecified atom stereocenters. The molecule has 158 valence electrons. The number of likely N-dealkylation sites (tertiary alicyclic amines) is 1. The summed E-state index contributed by atoms with van der Waals surface area (Å²) < 4.78 is 0. The quantitative estimate of drug-likeness (QED) is 0.388. The predicted molar refractivity (Wildman–Crippen MR) is 110 cm³/mol. The zero-order valence-electron chi connectivity index (χ0n) is 17.0. The Balaban J connectivity index is 1.92. The van der Waals surface area contributed by atoms with Crippen LogP contribution in [0.1, 0.15) is 55.5 Å². The fourth-order valence-corrected chi connectivity index (χ4v) is 3.46. The number of aliphatic carboxylic acids is 1. The van der Waals surface area contributed by atoms with Gasteiger partial charge in [-0.05, 0) is 36.8 Å². The average molecular weight is 402 g/mol. The summed E-state index contributed by atoms with van der Waals surface area (Å²) in [7, 11) is 0. The molecule has 1 fully saturated rings. The number of nitrogen functional groups attached to an aromatic ring is 1. The molecule has 1 atom stereocenters. The fraction of sp³-hybridized carbons (Fsp3) is 0.524. The summed E-state index contributed by atoms with van der Waals surface area (Å²) in [5.74, 6) is -0.959. The van der Waals surface area contributed by atoms with E-state index in [1.807, 2.05) is 13.8 Å². The molecular formula is C21H30N4O4. The Labute approximate surface area is 171 Å². The van der Waals surface area contributed by atoms with Crippen LogP contribution in [-0.2, 0) is 9.59 Å². The number of nitrogens with one attached hydrogen (secondary N) is 2. The van der Waals surface area contributed by atoms with Crippen molar-refractivity contribution in [2.75, 3.05) is 13.1 Å². The van der Waals surface area contributed by atoms with Gasteiger partial charge in [0.2, 0.25) is 5.91 Å². The largest absolute Gasteiger partial charge is 0.481 e. The number of amides is 2. The molecule has 0 saturated carbocycles. The standard InChI is InChI=1S/C21H30N4O4/c1-13(2)17(24-21(29)16-5-3-15(4-6-16)20(22)23)12-18(26)25-9-7-14(8-10-25)11-19(27)28/h3-6,13-14,17H,7-12H2,1-2H3,(H3,22,23)(H,24,29)(H,27,28)/t17-/m1/s1. The Morgan fingerprint density at radius 1 is 1.17 bits per heavy atom. The molecule has 1 heterocycles. The molecule has 0 spiro atoms. The summed E-state index contributed by atoms with van der Waals surface area (Å²) in [6, 6.07) is 6.15. The molecule has 8 heteroatoms. The zero-order chi connectivity index (χ0) is 21.6. The van der Waals surface area contributed by atoms with Gasteiger partial charge in [-0.1, -0.05) is 26.0 Å². The molecule has 1 aliphatic heterocycles. The molecule has 1 saturated heterocycles. The minimum atomic E-state index is -0.798. The molecule has 1 aliphatic rings. The number of hydrogen-bond donors (Lipinski definition) is 4. The summed E-state index contributed by atoms with van der Waals surface area (Å²) in [5.41, 5.74) is 6.42. The average Bonchev–Trinajstić information content (AvgIpc) is 2.67. The molecule has 0 bridgehead atoms. The number of rotatable bonds is 8. The first-order valence-corrected chi connectivity index (χ1v) is 9.92. The first-order valence-electron chi connectivity index (χ1n) is 9.92. The predicted octanol–water partition coefficient (Wildman–Crippen LogP) is 1.83. The number of piperidine rings is 1. The normalized spacial score (nSPS) is 15.8. The third kappa shape index (κ3) is 6.58. The van der Waals surface area contributed by atoms with E-state index in [4.69, 9.17) is 16.2 Å². The molecule has 0 aromatic heterocycles. The van der Waals surface area contributed by atoms with Crippen molar-refractivity contribution in [1.82, 2.24) is 10.2 Å². The lowest BCUT2D eigenvalue weighted by Gasteiger charge is -2.33. The number of nitrogens with zero attached hydrogens (tertiary/aromatic N) is 1. The molecule has 1 aromatic carbocycles. The Morgan fingerprint density at radius 3 is 2.21 bits per heavy atom. The van der Waals surface area contributed by atoms with Crippen molar-refractivity contribution in [3.05, 3.63) is 35.4 Å². The molecule has 5 N–H and O–H groups in total. The second kappa shape index (κ2) is 10.0. The first kappa shape index (κ1) is 22.4. The molecule has 1 aromatic rings. The summed E-state index contributed by atoms with van der Waals surface area (Å²) in [5, 5.41) is 19.2. The number of nitrogens with two attached hydrogens (primary N) is 1. The van der Waals surface area contributed by atoms with Gasteiger partial charge in [0.25, 0.3) is 5.91 Å². The van der Waals surface area contributed by atoms with Crippen LogP contribution < -0.4 is 11.1 Å². The summed E-state index contributed by atoms with van der Waals surface area (Å²) >= 11 is 0. The first-order chi connectivity index (χ1) is 13.7. The Kier molecular flexibility index (Phi) is 7.75. The second-order valence-electron chi connectivity index (χ2n) is 7.94. The highest BCUT2D eigenvalue weighted by Gasteiger charge is 2.27. The van der Waals surface area contributed by atoms with Gasteiger partial charge in [0.15, 0.2) is 0 Å². The van der Waals surface area contributed by atoms with Gasteiger partial charge in [-0.3, -0.25) is 19.8 Å². The maximum atomic E-state index is 12.7. The molecule has 0 aliphatic carbocycles. The molecular weight excluding hydrogens is 372 g/mol. The molecule has 29 heavy (non-hydrogen) atoms. The van der Waals surface area contributed by atoms with E-state index in [1.54, 1.807) is 29.2 Å². The van der Waals surface area contributed by atoms with Gasteiger partial charge in [-0.25, -0.2) is 0 Å². The van der Waals surface area contributed by atoms with Gasteiger partial charge >= 0.3 is 5.97 Å². The van der Waals surface area contributed by atoms with Crippen molar-refractivity contribution >= 4 is 23.6 Å². The Bertz CT molecular complexity index is 752. The van der Waals surface area contributed by atoms with E-state index in [0.717, 1.165) is 0 Å². The highest BCUT2D eigenvalue weighted by molar-refractivity contribution is 5.98. The lowest BCUT2D eigenvalue weighted by molar-refractivity contribution is -0.138. The number of carbonyl (C=O) groups is 3. The van der Waals surface area contributed by atoms with Crippen LogP contribution in [-0.4, -0.2) is 52.8 Å². The highest BCUT2D eigenvalue weighted by atomic mass is 16.4. The van der Waals surface area contributed by atoms with Crippen molar-refractivity contribution in [2.45, 2.75) is 45.6 Å². The molecule has 8 nitrogen and oxygen atoms in total. The number of carboxylic acids is 1. The van der Waals surface area contributed by atoms with Crippen LogP contribution in [0.2, 0.25) is 0 Å². The minimum Gasteiger partial charge on any atom is -0.481 e. The van der Waals surface area contributed by atoms with E-state index in [1.165, 1.54) is 0 Å². The summed E-state index contributed by atoms with van der Waals surface area (Å²) in [6.07, 6.45) is 1.74. The van der Waals surface area contributed by atoms with Gasteiger partial charge in [0, 0.05) is 43.1 Å². The second-order valence-corrected chi connectivity index (χ2v) is 7.94. The van der Waals surface area contributed by atoms with Crippen LogP contribution in [0.25, 0.3) is 0 Å². The van der Waals surface area contributed by atoms with E-state index < -0.39 is 5.97 Å². The number of carbonyl (C=O) groups excluding carboxylic acids is 2. The van der Waals surface area contributed by atoms with Gasteiger partial charge < -0.3 is 21.1 Å². The maximum Gasteiger partial charge on any atom is 0.303 e. The third-order valence-corrected chi connectivity index (χ3v) is 5.40. The van der Waals surface area contributed by atoms with Crippen molar-refractivity contribution in [3.8, 4) is 0 Å². The number of hydrogen-bond acceptors (Lipinski definition) is 4. The monoisotopic (exact) mass is 402 g/mol. The van der Waals surface area contributed by atoms with E-state index in [2.05, 4.69) is 5.32 Å². The van der Waals surface area contributed by atoms with Crippen molar-refractivity contribution in [2.24, 2.45) is 17.6 Å². The van der Waals surface area contributed by atoms with E-state index >= 15 is 0 Å². The number of benzene rings is 1. The van der Waals surface area contributed by atoms with Crippen LogP contribution in [0.5, 0.6) is 0 Å². The summed E-state index contributed by atoms with van der Waals surface area (Å²) in [4.78, 5) is 37.9. The smallest absolute Gasteiger partial charge is 0.303 e. The van der Waals surface area contributed by atoms with Gasteiger partial charge in [0.05, 0.1) is 0 Å². The lowest BCUT2D eigenvalue weighted by atomic mass is 9.92. The number of carboxylic acid groups (broad SMARTS) is 1. The molecule has 0 radical (unpaired) electrons. The third-order valence-electron chi connectivity index (χ3n) is 5.40. The molecule has 2 amide bonds. The van der Waals surface area contributed by atoms with Gasteiger partial charge in [-0.15, -0.1) is 0 Å². The SMILES string of the molecule is CC(C)[C@@H](CC(=O)N1CCC(CC(=O)O)CC1)NC(=O)c1ccc(C(=N)N)cc1. The Morgan fingerprint density at radius 2 is 1.72 bits per heavy atom. The minimum absolute atomic E-state index is 0.0234. The van der Waals surface area contributed by atoms with Crippen molar-refractivity contribution in [3.63, 3.8) is 0 Å². The van der Waals surface area contributed by atoms with Crippen LogP contribution in [0.4, 0.5) is 0 Å². The van der Waals surface area contributed by atoms with Gasteiger partial charge in [-0.2, -0.15) is 0 Å². The maximum absolute atomic E-state index is 12.7. The van der Waals surface area contributed by atoms with Crippen molar-refractivity contribution in [1.29, 1.82) is 5.41 Å². The zero-order valence-corrected chi connectivity index (χ0v) is 17.0. The van der Waals surface area contributed by atoms with E-state index in [-0.39, 0.29) is 48.4 Å². The van der Waals surface area contributed by atoms with Crippen LogP contribution in [0.3, 0.4) is 0 Å². The number of amidine groups is 1. The fourth-order valence-electron chi connectivity index (χ4n) is 3.46. The van der Waals surface area contributed by atoms with Crippen LogP contribution in [0, 0.1) is 17.2 Å². The lowest BCUT2D eigenvalue weighted by Crippen LogP contribution is -2.45. The Hall–Kier alpha value is -2.90. The molecule has 2 rings (SSSR count).